The van der Waals surface area contributed by atoms with Crippen molar-refractivity contribution >= 4 is 5.69 Å². The van der Waals surface area contributed by atoms with Gasteiger partial charge in [-0.2, -0.15) is 0 Å². The first kappa shape index (κ1) is 14.4. The molecule has 106 valence electrons. The summed E-state index contributed by atoms with van der Waals surface area (Å²) in [7, 11) is 3.14. The van der Waals surface area contributed by atoms with E-state index in [0.717, 1.165) is 5.56 Å². The maximum atomic E-state index is 10.6. The Bertz CT molecular complexity index is 689. The lowest BCUT2D eigenvalue weighted by Gasteiger charge is -2.04. The molecule has 0 radical (unpaired) electrons. The van der Waals surface area contributed by atoms with E-state index in [0.29, 0.717) is 17.1 Å². The van der Waals surface area contributed by atoms with Crippen molar-refractivity contribution in [2.24, 2.45) is 0 Å². The highest BCUT2D eigenvalue weighted by molar-refractivity contribution is 5.50. The number of non-ortho nitro benzene ring substituents is 1. The van der Waals surface area contributed by atoms with Crippen LogP contribution in [0.3, 0.4) is 0 Å². The number of hydrogen-bond acceptors (Lipinski definition) is 4. The molecule has 0 aromatic heterocycles. The first-order chi connectivity index (χ1) is 10.1. The van der Waals surface area contributed by atoms with Crippen LogP contribution in [-0.4, -0.2) is 19.1 Å². The van der Waals surface area contributed by atoms with Gasteiger partial charge in [0.05, 0.1) is 19.1 Å². The molecule has 0 aliphatic heterocycles. The molecule has 0 aliphatic carbocycles. The molecule has 2 aromatic carbocycles. The van der Waals surface area contributed by atoms with E-state index >= 15 is 0 Å². The van der Waals surface area contributed by atoms with Crippen LogP contribution in [-0.2, 0) is 0 Å². The minimum Gasteiger partial charge on any atom is -0.497 e. The van der Waals surface area contributed by atoms with Crippen LogP contribution in [0.15, 0.2) is 42.5 Å². The van der Waals surface area contributed by atoms with E-state index < -0.39 is 4.92 Å². The smallest absolute Gasteiger partial charge is 0.269 e. The van der Waals surface area contributed by atoms with Crippen LogP contribution in [0.25, 0.3) is 0 Å². The molecule has 0 aliphatic rings. The summed E-state index contributed by atoms with van der Waals surface area (Å²) in [5.41, 5.74) is 1.48. The predicted octanol–water partition coefficient (Wildman–Crippen LogP) is 3.01. The Morgan fingerprint density at radius 2 is 1.43 bits per heavy atom. The Hall–Kier alpha value is -3.00. The van der Waals surface area contributed by atoms with Crippen LogP contribution < -0.4 is 9.47 Å². The highest BCUT2D eigenvalue weighted by atomic mass is 16.6. The van der Waals surface area contributed by atoms with Gasteiger partial charge in [-0.25, -0.2) is 0 Å². The number of methoxy groups -OCH3 is 2. The predicted molar refractivity (Wildman–Crippen MR) is 78.6 cm³/mol. The zero-order valence-corrected chi connectivity index (χ0v) is 11.6. The lowest BCUT2D eigenvalue weighted by molar-refractivity contribution is -0.384. The second-order valence-electron chi connectivity index (χ2n) is 4.16. The topological polar surface area (TPSA) is 61.6 Å². The van der Waals surface area contributed by atoms with Crippen molar-refractivity contribution in [3.05, 3.63) is 63.7 Å². The number of ether oxygens (including phenoxy) is 2. The molecule has 0 fully saturated rings. The van der Waals surface area contributed by atoms with Crippen molar-refractivity contribution in [3.63, 3.8) is 0 Å². The number of nitro benzene ring substituents is 1. The molecular formula is C16H13NO4. The van der Waals surface area contributed by atoms with Crippen LogP contribution in [0.1, 0.15) is 11.1 Å². The Morgan fingerprint density at radius 3 is 1.90 bits per heavy atom. The lowest BCUT2D eigenvalue weighted by Crippen LogP contribution is -1.89. The molecule has 0 saturated heterocycles. The number of hydrogen-bond donors (Lipinski definition) is 0. The minimum absolute atomic E-state index is 0.0450. The summed E-state index contributed by atoms with van der Waals surface area (Å²) < 4.78 is 10.3. The molecule has 0 amide bonds. The standard InChI is InChI=1S/C16H13NO4/c1-20-15-9-13(10-16(11-15)21-2)4-3-12-5-7-14(8-6-12)17(18)19/h5-11H,1-2H3. The summed E-state index contributed by atoms with van der Waals surface area (Å²) in [6.45, 7) is 0. The van der Waals surface area contributed by atoms with Crippen LogP contribution >= 0.6 is 0 Å². The second-order valence-corrected chi connectivity index (χ2v) is 4.16. The number of nitro groups is 1. The average molecular weight is 283 g/mol. The summed E-state index contributed by atoms with van der Waals surface area (Å²) in [6.07, 6.45) is 0. The normalized spacial score (nSPS) is 9.43. The molecule has 21 heavy (non-hydrogen) atoms. The van der Waals surface area contributed by atoms with Crippen molar-refractivity contribution in [2.45, 2.75) is 0 Å². The largest absolute Gasteiger partial charge is 0.497 e. The molecule has 2 rings (SSSR count). The summed E-state index contributed by atoms with van der Waals surface area (Å²) >= 11 is 0. The lowest BCUT2D eigenvalue weighted by atomic mass is 10.1. The Morgan fingerprint density at radius 1 is 0.905 bits per heavy atom. The van der Waals surface area contributed by atoms with Gasteiger partial charge in [0.15, 0.2) is 0 Å². The van der Waals surface area contributed by atoms with Gasteiger partial charge in [-0.3, -0.25) is 10.1 Å². The summed E-state index contributed by atoms with van der Waals surface area (Å²) in [4.78, 5) is 10.1. The van der Waals surface area contributed by atoms with Gasteiger partial charge in [-0.05, 0) is 24.3 Å². The molecule has 0 unspecified atom stereocenters. The van der Waals surface area contributed by atoms with Crippen molar-refractivity contribution in [2.75, 3.05) is 14.2 Å². The van der Waals surface area contributed by atoms with Crippen molar-refractivity contribution < 1.29 is 14.4 Å². The molecule has 5 heteroatoms. The van der Waals surface area contributed by atoms with Gasteiger partial charge in [-0.15, -0.1) is 0 Å². The number of nitrogens with zero attached hydrogens (tertiary/aromatic N) is 1. The van der Waals surface area contributed by atoms with Crippen molar-refractivity contribution in [1.82, 2.24) is 0 Å². The zero-order valence-electron chi connectivity index (χ0n) is 11.6. The summed E-state index contributed by atoms with van der Waals surface area (Å²) in [5, 5.41) is 10.6. The maximum absolute atomic E-state index is 10.6. The van der Waals surface area contributed by atoms with E-state index in [2.05, 4.69) is 11.8 Å². The van der Waals surface area contributed by atoms with E-state index in [1.165, 1.54) is 12.1 Å². The van der Waals surface area contributed by atoms with Crippen LogP contribution in [0.4, 0.5) is 5.69 Å². The Labute approximate surface area is 122 Å². The van der Waals surface area contributed by atoms with Gasteiger partial charge in [-0.1, -0.05) is 11.8 Å². The molecule has 0 atom stereocenters. The highest BCUT2D eigenvalue weighted by Gasteiger charge is 2.03. The molecule has 0 N–H and O–H groups in total. The molecular weight excluding hydrogens is 270 g/mol. The van der Waals surface area contributed by atoms with Crippen molar-refractivity contribution in [1.29, 1.82) is 0 Å². The SMILES string of the molecule is COc1cc(C#Cc2ccc([N+](=O)[O-])cc2)cc(OC)c1. The fourth-order valence-corrected chi connectivity index (χ4v) is 1.69. The van der Waals surface area contributed by atoms with Crippen molar-refractivity contribution in [3.8, 4) is 23.3 Å². The third-order valence-corrected chi connectivity index (χ3v) is 2.78. The fourth-order valence-electron chi connectivity index (χ4n) is 1.69. The average Bonchev–Trinajstić information content (AvgIpc) is 2.52. The quantitative estimate of drug-likeness (QED) is 0.493. The zero-order chi connectivity index (χ0) is 15.2. The Kier molecular flexibility index (Phi) is 4.42. The maximum Gasteiger partial charge on any atom is 0.269 e. The number of benzene rings is 2. The van der Waals surface area contributed by atoms with Gasteiger partial charge in [0.1, 0.15) is 11.5 Å². The first-order valence-electron chi connectivity index (χ1n) is 6.12. The molecule has 0 bridgehead atoms. The summed E-state index contributed by atoms with van der Waals surface area (Å²) in [5.74, 6) is 7.24. The Balaban J connectivity index is 2.27. The summed E-state index contributed by atoms with van der Waals surface area (Å²) in [6, 6.07) is 11.4. The molecule has 0 saturated carbocycles. The molecule has 2 aromatic rings. The highest BCUT2D eigenvalue weighted by Crippen LogP contribution is 2.22. The minimum atomic E-state index is -0.440. The van der Waals surface area contributed by atoms with E-state index in [9.17, 15) is 10.1 Å². The molecule has 0 heterocycles. The van der Waals surface area contributed by atoms with Crippen LogP contribution in [0.5, 0.6) is 11.5 Å². The third-order valence-electron chi connectivity index (χ3n) is 2.78. The third kappa shape index (κ3) is 3.74. The van der Waals surface area contributed by atoms with Crippen LogP contribution in [0.2, 0.25) is 0 Å². The van der Waals surface area contributed by atoms with Gasteiger partial charge >= 0.3 is 0 Å². The fraction of sp³-hybridized carbons (Fsp3) is 0.125. The number of rotatable bonds is 3. The monoisotopic (exact) mass is 283 g/mol. The van der Waals surface area contributed by atoms with Crippen LogP contribution in [0, 0.1) is 22.0 Å². The van der Waals surface area contributed by atoms with E-state index in [1.807, 2.05) is 0 Å². The van der Waals surface area contributed by atoms with Gasteiger partial charge in [0, 0.05) is 29.3 Å². The molecule has 5 nitrogen and oxygen atoms in total. The van der Waals surface area contributed by atoms with Gasteiger partial charge in [0.25, 0.3) is 5.69 Å². The van der Waals surface area contributed by atoms with E-state index in [1.54, 1.807) is 44.6 Å². The molecule has 0 spiro atoms. The van der Waals surface area contributed by atoms with E-state index in [-0.39, 0.29) is 5.69 Å². The van der Waals surface area contributed by atoms with E-state index in [4.69, 9.17) is 9.47 Å². The second kappa shape index (κ2) is 6.44. The first-order valence-corrected chi connectivity index (χ1v) is 6.12. The van der Waals surface area contributed by atoms with Gasteiger partial charge < -0.3 is 9.47 Å². The van der Waals surface area contributed by atoms with Gasteiger partial charge in [0.2, 0.25) is 0 Å².